The van der Waals surface area contributed by atoms with Crippen LogP contribution in [0.2, 0.25) is 0 Å². The molecule has 2 aromatic heterocycles. The largest absolute Gasteiger partial charge is 0.347 e. The van der Waals surface area contributed by atoms with Gasteiger partial charge in [0.15, 0.2) is 0 Å². The van der Waals surface area contributed by atoms with Gasteiger partial charge in [-0.1, -0.05) is 20.8 Å². The Balaban J connectivity index is 2.12. The molecule has 0 fully saturated rings. The van der Waals surface area contributed by atoms with E-state index in [-0.39, 0.29) is 6.04 Å². The first-order chi connectivity index (χ1) is 9.49. The summed E-state index contributed by atoms with van der Waals surface area (Å²) in [5, 5.41) is 4.61. The van der Waals surface area contributed by atoms with Gasteiger partial charge in [-0.25, -0.2) is 9.97 Å². The quantitative estimate of drug-likeness (QED) is 0.873. The number of imidazole rings is 1. The van der Waals surface area contributed by atoms with Crippen molar-refractivity contribution in [3.63, 3.8) is 0 Å². The van der Waals surface area contributed by atoms with Gasteiger partial charge in [0, 0.05) is 23.8 Å². The predicted molar refractivity (Wildman–Crippen MR) is 85.3 cm³/mol. The molecule has 20 heavy (non-hydrogen) atoms. The molecule has 0 amide bonds. The molecule has 0 spiro atoms. The molecule has 1 atom stereocenters. The Bertz CT molecular complexity index is 556. The minimum Gasteiger partial charge on any atom is -0.347 e. The number of aromatic nitrogens is 3. The topological polar surface area (TPSA) is 42.7 Å². The zero-order chi connectivity index (χ0) is 14.7. The van der Waals surface area contributed by atoms with Gasteiger partial charge in [-0.05, 0) is 26.2 Å². The third-order valence-corrected chi connectivity index (χ3v) is 4.42. The summed E-state index contributed by atoms with van der Waals surface area (Å²) in [6.45, 7) is 11.8. The fraction of sp³-hybridized carbons (Fsp3) is 0.600. The van der Waals surface area contributed by atoms with Crippen LogP contribution >= 0.6 is 11.3 Å². The van der Waals surface area contributed by atoms with Crippen LogP contribution in [-0.2, 0) is 13.0 Å². The van der Waals surface area contributed by atoms with Gasteiger partial charge in [-0.2, -0.15) is 0 Å². The fourth-order valence-electron chi connectivity index (χ4n) is 2.14. The maximum absolute atomic E-state index is 4.58. The lowest BCUT2D eigenvalue weighted by atomic mass is 10.2. The Morgan fingerprint density at radius 2 is 2.10 bits per heavy atom. The van der Waals surface area contributed by atoms with Crippen LogP contribution in [0, 0.1) is 12.8 Å². The van der Waals surface area contributed by atoms with Crippen LogP contribution in [0.25, 0.3) is 0 Å². The number of rotatable bonds is 6. The highest BCUT2D eigenvalue weighted by Gasteiger charge is 2.14. The number of anilines is 1. The van der Waals surface area contributed by atoms with Crippen molar-refractivity contribution in [3.8, 4) is 0 Å². The second-order valence-corrected chi connectivity index (χ2v) is 6.78. The van der Waals surface area contributed by atoms with Gasteiger partial charge in [-0.15, -0.1) is 11.3 Å². The summed E-state index contributed by atoms with van der Waals surface area (Å²) in [6.07, 6.45) is 5.13. The Hall–Kier alpha value is -1.36. The summed E-state index contributed by atoms with van der Waals surface area (Å²) in [5.74, 6) is 1.54. The molecule has 0 aliphatic rings. The van der Waals surface area contributed by atoms with E-state index in [1.807, 2.05) is 13.1 Å². The van der Waals surface area contributed by atoms with E-state index in [1.54, 1.807) is 11.3 Å². The molecule has 0 aliphatic heterocycles. The molecule has 2 rings (SSSR count). The average Bonchev–Trinajstić information content (AvgIpc) is 2.96. The van der Waals surface area contributed by atoms with Crippen LogP contribution in [-0.4, -0.2) is 14.5 Å². The molecule has 0 radical (unpaired) electrons. The van der Waals surface area contributed by atoms with Crippen molar-refractivity contribution in [2.45, 2.75) is 53.6 Å². The van der Waals surface area contributed by atoms with Crippen LogP contribution in [0.3, 0.4) is 0 Å². The van der Waals surface area contributed by atoms with E-state index in [2.05, 4.69) is 53.7 Å². The van der Waals surface area contributed by atoms with Gasteiger partial charge >= 0.3 is 0 Å². The molecule has 4 nitrogen and oxygen atoms in total. The highest BCUT2D eigenvalue weighted by Crippen LogP contribution is 2.24. The Kier molecular flexibility index (Phi) is 4.81. The molecule has 1 unspecified atom stereocenters. The summed E-state index contributed by atoms with van der Waals surface area (Å²) in [7, 11) is 0. The molecular weight excluding hydrogens is 268 g/mol. The van der Waals surface area contributed by atoms with Crippen LogP contribution in [0.15, 0.2) is 12.4 Å². The first-order valence-corrected chi connectivity index (χ1v) is 8.06. The summed E-state index contributed by atoms with van der Waals surface area (Å²) in [6, 6.07) is 0.188. The third kappa shape index (κ3) is 3.60. The summed E-state index contributed by atoms with van der Waals surface area (Å²) >= 11 is 1.78. The molecule has 0 bridgehead atoms. The second-order valence-electron chi connectivity index (χ2n) is 5.64. The van der Waals surface area contributed by atoms with Gasteiger partial charge < -0.3 is 9.88 Å². The monoisotopic (exact) mass is 292 g/mol. The average molecular weight is 292 g/mol. The van der Waals surface area contributed by atoms with Gasteiger partial charge in [-0.3, -0.25) is 0 Å². The maximum atomic E-state index is 4.58. The van der Waals surface area contributed by atoms with Crippen LogP contribution in [0.5, 0.6) is 0 Å². The van der Waals surface area contributed by atoms with Crippen molar-refractivity contribution in [2.24, 2.45) is 5.92 Å². The molecule has 0 aromatic carbocycles. The zero-order valence-corrected chi connectivity index (χ0v) is 13.8. The van der Waals surface area contributed by atoms with Gasteiger partial charge in [0.05, 0.1) is 11.7 Å². The molecule has 0 saturated heterocycles. The van der Waals surface area contributed by atoms with Gasteiger partial charge in [0.1, 0.15) is 5.01 Å². The normalized spacial score (nSPS) is 12.9. The van der Waals surface area contributed by atoms with Gasteiger partial charge in [0.2, 0.25) is 5.95 Å². The number of hydrogen-bond donors (Lipinski definition) is 1. The van der Waals surface area contributed by atoms with Gasteiger partial charge in [0.25, 0.3) is 0 Å². The van der Waals surface area contributed by atoms with Crippen molar-refractivity contribution in [2.75, 3.05) is 5.32 Å². The van der Waals surface area contributed by atoms with Crippen molar-refractivity contribution in [3.05, 3.63) is 28.0 Å². The van der Waals surface area contributed by atoms with Crippen molar-refractivity contribution >= 4 is 17.3 Å². The number of nitrogens with one attached hydrogen (secondary N) is 1. The molecule has 1 N–H and O–H groups in total. The van der Waals surface area contributed by atoms with Crippen LogP contribution in [0.4, 0.5) is 5.95 Å². The first-order valence-electron chi connectivity index (χ1n) is 7.24. The predicted octanol–water partition coefficient (Wildman–Crippen LogP) is 4.04. The maximum Gasteiger partial charge on any atom is 0.203 e. The molecule has 0 saturated carbocycles. The van der Waals surface area contributed by atoms with Crippen molar-refractivity contribution < 1.29 is 0 Å². The lowest BCUT2D eigenvalue weighted by Crippen LogP contribution is -2.13. The third-order valence-electron chi connectivity index (χ3n) is 3.09. The standard InChI is InChI=1S/C15H24N4S/c1-6-13-7-16-14(20-13)12(5)18-15-17-11(4)9-19(15)8-10(2)3/h7,9-10,12H,6,8H2,1-5H3,(H,17,18). The number of aryl methyl sites for hydroxylation is 2. The van der Waals surface area contributed by atoms with E-state index in [4.69, 9.17) is 0 Å². The number of nitrogens with zero attached hydrogens (tertiary/aromatic N) is 3. The van der Waals surface area contributed by atoms with Crippen LogP contribution in [0.1, 0.15) is 49.3 Å². The van der Waals surface area contributed by atoms with Crippen LogP contribution < -0.4 is 5.32 Å². The zero-order valence-electron chi connectivity index (χ0n) is 13.0. The lowest BCUT2D eigenvalue weighted by Gasteiger charge is -2.15. The van der Waals surface area contributed by atoms with E-state index in [1.165, 1.54) is 4.88 Å². The minimum atomic E-state index is 0.188. The summed E-state index contributed by atoms with van der Waals surface area (Å²) in [5.41, 5.74) is 1.05. The van der Waals surface area contributed by atoms with E-state index in [0.717, 1.165) is 29.6 Å². The Morgan fingerprint density at radius 1 is 1.35 bits per heavy atom. The van der Waals surface area contributed by atoms with E-state index in [0.29, 0.717) is 5.92 Å². The Labute approximate surface area is 125 Å². The fourth-order valence-corrected chi connectivity index (χ4v) is 3.00. The molecule has 2 heterocycles. The lowest BCUT2D eigenvalue weighted by molar-refractivity contribution is 0.524. The second kappa shape index (κ2) is 6.39. The minimum absolute atomic E-state index is 0.188. The molecular formula is C15H24N4S. The highest BCUT2D eigenvalue weighted by atomic mass is 32.1. The molecule has 0 aliphatic carbocycles. The highest BCUT2D eigenvalue weighted by molar-refractivity contribution is 7.11. The molecule has 5 heteroatoms. The molecule has 2 aromatic rings. The summed E-state index contributed by atoms with van der Waals surface area (Å²) < 4.78 is 2.20. The molecule has 110 valence electrons. The van der Waals surface area contributed by atoms with E-state index in [9.17, 15) is 0 Å². The van der Waals surface area contributed by atoms with Crippen molar-refractivity contribution in [1.29, 1.82) is 0 Å². The summed E-state index contributed by atoms with van der Waals surface area (Å²) in [4.78, 5) is 10.4. The SMILES string of the molecule is CCc1cnc(C(C)Nc2nc(C)cn2CC(C)C)s1. The number of thiazole rings is 1. The van der Waals surface area contributed by atoms with Crippen molar-refractivity contribution in [1.82, 2.24) is 14.5 Å². The Morgan fingerprint density at radius 3 is 2.70 bits per heavy atom. The van der Waals surface area contributed by atoms with E-state index >= 15 is 0 Å². The number of hydrogen-bond acceptors (Lipinski definition) is 4. The first kappa shape index (κ1) is 15.0. The van der Waals surface area contributed by atoms with E-state index < -0.39 is 0 Å². The smallest absolute Gasteiger partial charge is 0.203 e.